The molecule has 2 heteroatoms. The van der Waals surface area contributed by atoms with Crippen molar-refractivity contribution in [3.8, 4) is 0 Å². The summed E-state index contributed by atoms with van der Waals surface area (Å²) in [6, 6.07) is 0. The van der Waals surface area contributed by atoms with Gasteiger partial charge in [0.05, 0.1) is 6.61 Å². The first-order valence-electron chi connectivity index (χ1n) is 4.13. The van der Waals surface area contributed by atoms with E-state index in [-0.39, 0.29) is 0 Å². The minimum absolute atomic E-state index is 0.727. The van der Waals surface area contributed by atoms with Crippen molar-refractivity contribution in [3.05, 3.63) is 0 Å². The Labute approximate surface area is 62.2 Å². The average Bonchev–Trinajstić information content (AvgIpc) is 1.85. The predicted octanol–water partition coefficient (Wildman–Crippen LogP) is 1.68. The maximum absolute atomic E-state index is 9.41. The zero-order valence-corrected chi connectivity index (χ0v) is 6.60. The molecular formula is C8H16O2. The number of hydrogen-bond donors (Lipinski definition) is 1. The van der Waals surface area contributed by atoms with Crippen LogP contribution in [-0.4, -0.2) is 17.5 Å². The van der Waals surface area contributed by atoms with E-state index < -0.39 is 5.79 Å². The fraction of sp³-hybridized carbons (Fsp3) is 1.00. The summed E-state index contributed by atoms with van der Waals surface area (Å²) in [4.78, 5) is 0. The molecule has 2 nitrogen and oxygen atoms in total. The maximum atomic E-state index is 9.41. The van der Waals surface area contributed by atoms with E-state index in [0.29, 0.717) is 0 Å². The zero-order chi connectivity index (χ0) is 7.45. The van der Waals surface area contributed by atoms with E-state index in [1.165, 1.54) is 12.8 Å². The lowest BCUT2D eigenvalue weighted by Crippen LogP contribution is -2.43. The van der Waals surface area contributed by atoms with Gasteiger partial charge in [0.2, 0.25) is 0 Å². The first kappa shape index (κ1) is 8.02. The first-order chi connectivity index (χ1) is 4.77. The van der Waals surface area contributed by atoms with Crippen molar-refractivity contribution in [2.75, 3.05) is 6.61 Å². The van der Waals surface area contributed by atoms with Gasteiger partial charge in [0.15, 0.2) is 5.79 Å². The van der Waals surface area contributed by atoms with Gasteiger partial charge in [0, 0.05) is 12.8 Å². The Kier molecular flexibility index (Phi) is 2.69. The van der Waals surface area contributed by atoms with Crippen LogP contribution < -0.4 is 0 Å². The van der Waals surface area contributed by atoms with Gasteiger partial charge in [-0.25, -0.2) is 0 Å². The van der Waals surface area contributed by atoms with Crippen molar-refractivity contribution < 1.29 is 9.84 Å². The monoisotopic (exact) mass is 144 g/mol. The van der Waals surface area contributed by atoms with Crippen LogP contribution in [0.1, 0.15) is 39.0 Å². The molecule has 1 aliphatic rings. The van der Waals surface area contributed by atoms with E-state index in [1.54, 1.807) is 0 Å². The molecule has 0 amide bonds. The number of ether oxygens (including phenoxy) is 1. The van der Waals surface area contributed by atoms with Crippen LogP contribution in [0.25, 0.3) is 0 Å². The Bertz CT molecular complexity index is 97.4. The molecule has 60 valence electrons. The van der Waals surface area contributed by atoms with Crippen molar-refractivity contribution in [2.45, 2.75) is 44.8 Å². The van der Waals surface area contributed by atoms with Gasteiger partial charge in [-0.05, 0) is 6.42 Å². The van der Waals surface area contributed by atoms with Crippen LogP contribution in [0, 0.1) is 0 Å². The van der Waals surface area contributed by atoms with Crippen LogP contribution in [0.2, 0.25) is 0 Å². The molecule has 1 atom stereocenters. The lowest BCUT2D eigenvalue weighted by molar-refractivity contribution is -0.285. The number of rotatable bonds is 4. The highest BCUT2D eigenvalue weighted by Gasteiger charge is 2.34. The highest BCUT2D eigenvalue weighted by molar-refractivity contribution is 4.74. The fourth-order valence-corrected chi connectivity index (χ4v) is 1.19. The zero-order valence-electron chi connectivity index (χ0n) is 6.60. The molecule has 1 saturated heterocycles. The van der Waals surface area contributed by atoms with Crippen LogP contribution in [-0.2, 0) is 4.74 Å². The second-order valence-corrected chi connectivity index (χ2v) is 3.00. The summed E-state index contributed by atoms with van der Waals surface area (Å²) >= 11 is 0. The Morgan fingerprint density at radius 3 is 2.60 bits per heavy atom. The highest BCUT2D eigenvalue weighted by Crippen LogP contribution is 2.28. The molecule has 0 aromatic carbocycles. The lowest BCUT2D eigenvalue weighted by Gasteiger charge is -2.36. The summed E-state index contributed by atoms with van der Waals surface area (Å²) in [6.45, 7) is 2.90. The molecular weight excluding hydrogens is 128 g/mol. The minimum Gasteiger partial charge on any atom is -0.365 e. The van der Waals surface area contributed by atoms with Gasteiger partial charge in [-0.15, -0.1) is 0 Å². The molecule has 0 aromatic heterocycles. The average molecular weight is 144 g/mol. The van der Waals surface area contributed by atoms with E-state index in [2.05, 4.69) is 6.92 Å². The summed E-state index contributed by atoms with van der Waals surface area (Å²) in [6.07, 6.45) is 5.15. The van der Waals surface area contributed by atoms with Gasteiger partial charge in [-0.1, -0.05) is 19.8 Å². The van der Waals surface area contributed by atoms with Crippen molar-refractivity contribution in [1.82, 2.24) is 0 Å². The Hall–Kier alpha value is -0.0800. The fourth-order valence-electron chi connectivity index (χ4n) is 1.19. The van der Waals surface area contributed by atoms with Gasteiger partial charge < -0.3 is 9.84 Å². The summed E-state index contributed by atoms with van der Waals surface area (Å²) < 4.78 is 5.02. The summed E-state index contributed by atoms with van der Waals surface area (Å²) in [7, 11) is 0. The van der Waals surface area contributed by atoms with Crippen molar-refractivity contribution in [1.29, 1.82) is 0 Å². The Morgan fingerprint density at radius 2 is 2.20 bits per heavy atom. The first-order valence-corrected chi connectivity index (χ1v) is 4.13. The molecule has 0 spiro atoms. The van der Waals surface area contributed by atoms with Gasteiger partial charge in [-0.2, -0.15) is 0 Å². The van der Waals surface area contributed by atoms with Crippen LogP contribution in [0.3, 0.4) is 0 Å². The molecule has 1 aliphatic heterocycles. The molecule has 1 N–H and O–H groups in total. The highest BCUT2D eigenvalue weighted by atomic mass is 16.6. The van der Waals surface area contributed by atoms with Crippen LogP contribution >= 0.6 is 0 Å². The third-order valence-electron chi connectivity index (χ3n) is 2.03. The Balaban J connectivity index is 2.01. The predicted molar refractivity (Wildman–Crippen MR) is 39.7 cm³/mol. The minimum atomic E-state index is -0.727. The lowest BCUT2D eigenvalue weighted by atomic mass is 10.0. The summed E-state index contributed by atoms with van der Waals surface area (Å²) in [5, 5.41) is 9.41. The third kappa shape index (κ3) is 1.96. The molecule has 0 saturated carbocycles. The molecule has 0 aromatic rings. The molecule has 1 unspecified atom stereocenters. The van der Waals surface area contributed by atoms with Crippen LogP contribution in [0.5, 0.6) is 0 Å². The second-order valence-electron chi connectivity index (χ2n) is 3.00. The maximum Gasteiger partial charge on any atom is 0.167 e. The van der Waals surface area contributed by atoms with Crippen molar-refractivity contribution in [2.24, 2.45) is 0 Å². The molecule has 0 radical (unpaired) electrons. The van der Waals surface area contributed by atoms with E-state index >= 15 is 0 Å². The Morgan fingerprint density at radius 1 is 1.50 bits per heavy atom. The van der Waals surface area contributed by atoms with Crippen molar-refractivity contribution >= 4 is 0 Å². The molecule has 1 fully saturated rings. The van der Waals surface area contributed by atoms with Gasteiger partial charge in [0.25, 0.3) is 0 Å². The number of unbranched alkanes of at least 4 members (excludes halogenated alkanes) is 2. The second kappa shape index (κ2) is 3.35. The van der Waals surface area contributed by atoms with Crippen molar-refractivity contribution in [3.63, 3.8) is 0 Å². The molecule has 0 bridgehead atoms. The number of aliphatic hydroxyl groups is 1. The van der Waals surface area contributed by atoms with E-state index in [9.17, 15) is 5.11 Å². The normalized spacial score (nSPS) is 31.8. The molecule has 10 heavy (non-hydrogen) atoms. The van der Waals surface area contributed by atoms with E-state index in [1.807, 2.05) is 0 Å². The standard InChI is InChI=1S/C8H16O2/c1-2-3-4-5-8(9)6-7-10-8/h9H,2-7H2,1H3. The quantitative estimate of drug-likeness (QED) is 0.608. The topological polar surface area (TPSA) is 29.5 Å². The number of hydrogen-bond acceptors (Lipinski definition) is 2. The molecule has 1 rings (SSSR count). The van der Waals surface area contributed by atoms with Crippen LogP contribution in [0.4, 0.5) is 0 Å². The summed E-state index contributed by atoms with van der Waals surface area (Å²) in [5.41, 5.74) is 0. The van der Waals surface area contributed by atoms with Gasteiger partial charge >= 0.3 is 0 Å². The third-order valence-corrected chi connectivity index (χ3v) is 2.03. The SMILES string of the molecule is CCCCCC1(O)CCO1. The largest absolute Gasteiger partial charge is 0.365 e. The van der Waals surface area contributed by atoms with Crippen LogP contribution in [0.15, 0.2) is 0 Å². The smallest absolute Gasteiger partial charge is 0.167 e. The molecule has 1 heterocycles. The van der Waals surface area contributed by atoms with Gasteiger partial charge in [-0.3, -0.25) is 0 Å². The van der Waals surface area contributed by atoms with E-state index in [4.69, 9.17) is 4.74 Å². The molecule has 0 aliphatic carbocycles. The van der Waals surface area contributed by atoms with Gasteiger partial charge in [0.1, 0.15) is 0 Å². The van der Waals surface area contributed by atoms with E-state index in [0.717, 1.165) is 25.9 Å². The summed E-state index contributed by atoms with van der Waals surface area (Å²) in [5.74, 6) is -0.727.